The summed E-state index contributed by atoms with van der Waals surface area (Å²) in [5, 5.41) is 12.5. The largest absolute Gasteiger partial charge is 0.379 e. The lowest BCUT2D eigenvalue weighted by molar-refractivity contribution is 0.913. The van der Waals surface area contributed by atoms with Crippen LogP contribution in [0.1, 0.15) is 27.3 Å². The highest BCUT2D eigenvalue weighted by molar-refractivity contribution is 9.10. The summed E-state index contributed by atoms with van der Waals surface area (Å²) >= 11 is 5.31. The second kappa shape index (κ2) is 5.36. The fourth-order valence-corrected chi connectivity index (χ4v) is 4.10. The van der Waals surface area contributed by atoms with Crippen LogP contribution in [0.3, 0.4) is 0 Å². The molecule has 2 aromatic rings. The Morgan fingerprint density at radius 2 is 2.26 bits per heavy atom. The van der Waals surface area contributed by atoms with E-state index in [-0.39, 0.29) is 0 Å². The number of rotatable bonds is 3. The van der Waals surface area contributed by atoms with Crippen LogP contribution in [0.2, 0.25) is 0 Å². The second-order valence-corrected chi connectivity index (χ2v) is 6.72. The van der Waals surface area contributed by atoms with Crippen molar-refractivity contribution in [3.05, 3.63) is 49.6 Å². The third-order valence-electron chi connectivity index (χ3n) is 3.38. The van der Waals surface area contributed by atoms with Crippen LogP contribution >= 0.6 is 27.3 Å². The number of hydrogen-bond acceptors (Lipinski definition) is 3. The number of anilines is 1. The summed E-state index contributed by atoms with van der Waals surface area (Å²) in [6.07, 6.45) is 3.77. The molecule has 0 radical (unpaired) electrons. The van der Waals surface area contributed by atoms with E-state index in [0.717, 1.165) is 16.7 Å². The van der Waals surface area contributed by atoms with Gasteiger partial charge < -0.3 is 5.32 Å². The van der Waals surface area contributed by atoms with Crippen LogP contribution in [0.15, 0.2) is 28.7 Å². The minimum absolute atomic E-state index is 0.673. The van der Waals surface area contributed by atoms with Gasteiger partial charge in [-0.1, -0.05) is 6.07 Å². The molecule has 0 saturated heterocycles. The van der Waals surface area contributed by atoms with Crippen molar-refractivity contribution in [2.24, 2.45) is 0 Å². The van der Waals surface area contributed by atoms with Crippen molar-refractivity contribution < 1.29 is 0 Å². The van der Waals surface area contributed by atoms with Gasteiger partial charge in [0.25, 0.3) is 0 Å². The van der Waals surface area contributed by atoms with Gasteiger partial charge in [0.1, 0.15) is 6.07 Å². The Labute approximate surface area is 125 Å². The molecule has 1 aliphatic carbocycles. The molecule has 1 aromatic heterocycles. The summed E-state index contributed by atoms with van der Waals surface area (Å²) in [4.78, 5) is 2.90. The molecule has 0 saturated carbocycles. The van der Waals surface area contributed by atoms with Gasteiger partial charge in [-0.25, -0.2) is 0 Å². The molecule has 0 spiro atoms. The van der Waals surface area contributed by atoms with Gasteiger partial charge in [-0.3, -0.25) is 0 Å². The quantitative estimate of drug-likeness (QED) is 0.899. The van der Waals surface area contributed by atoms with Crippen molar-refractivity contribution in [3.8, 4) is 6.07 Å². The Kier molecular flexibility index (Phi) is 3.58. The molecule has 0 atom stereocenters. The number of halogens is 1. The summed E-state index contributed by atoms with van der Waals surface area (Å²) in [7, 11) is 0. The number of fused-ring (bicyclic) bond motifs is 1. The highest BCUT2D eigenvalue weighted by Gasteiger charge is 2.14. The lowest BCUT2D eigenvalue weighted by Gasteiger charge is -2.08. The molecule has 2 nitrogen and oxygen atoms in total. The van der Waals surface area contributed by atoms with E-state index in [1.165, 1.54) is 29.7 Å². The fourth-order valence-electron chi connectivity index (χ4n) is 2.45. The second-order valence-electron chi connectivity index (χ2n) is 4.64. The third kappa shape index (κ3) is 2.54. The molecule has 3 rings (SSSR count). The molecule has 1 N–H and O–H groups in total. The molecule has 0 unspecified atom stereocenters. The van der Waals surface area contributed by atoms with E-state index in [4.69, 9.17) is 0 Å². The Hall–Kier alpha value is -1.31. The van der Waals surface area contributed by atoms with Gasteiger partial charge in [-0.2, -0.15) is 5.26 Å². The first-order chi connectivity index (χ1) is 9.28. The first kappa shape index (κ1) is 12.7. The lowest BCUT2D eigenvalue weighted by atomic mass is 10.2. The van der Waals surface area contributed by atoms with Crippen LogP contribution in [-0.4, -0.2) is 0 Å². The highest BCUT2D eigenvalue weighted by atomic mass is 79.9. The number of benzene rings is 1. The predicted octanol–water partition coefficient (Wildman–Crippen LogP) is 4.48. The van der Waals surface area contributed by atoms with E-state index in [1.54, 1.807) is 4.88 Å². The molecule has 4 heteroatoms. The van der Waals surface area contributed by atoms with E-state index in [2.05, 4.69) is 33.4 Å². The number of nitrogens with zero attached hydrogens (tertiary/aromatic N) is 1. The van der Waals surface area contributed by atoms with E-state index in [9.17, 15) is 5.26 Å². The number of nitriles is 1. The number of hydrogen-bond donors (Lipinski definition) is 1. The lowest BCUT2D eigenvalue weighted by Crippen LogP contribution is -2.00. The Morgan fingerprint density at radius 1 is 1.37 bits per heavy atom. The highest BCUT2D eigenvalue weighted by Crippen LogP contribution is 2.31. The first-order valence-electron chi connectivity index (χ1n) is 6.31. The zero-order chi connectivity index (χ0) is 13.2. The minimum atomic E-state index is 0.673. The van der Waals surface area contributed by atoms with Crippen molar-refractivity contribution in [1.29, 1.82) is 5.26 Å². The summed E-state index contributed by atoms with van der Waals surface area (Å²) in [6, 6.07) is 10.3. The number of nitrogens with one attached hydrogen (secondary N) is 1. The van der Waals surface area contributed by atoms with Crippen LogP contribution in [0.4, 0.5) is 5.69 Å². The molecule has 19 heavy (non-hydrogen) atoms. The molecule has 0 aliphatic heterocycles. The summed E-state index contributed by atoms with van der Waals surface area (Å²) in [6.45, 7) is 0.794. The van der Waals surface area contributed by atoms with E-state index >= 15 is 0 Å². The topological polar surface area (TPSA) is 35.8 Å². The summed E-state index contributed by atoms with van der Waals surface area (Å²) in [5.41, 5.74) is 3.09. The van der Waals surface area contributed by atoms with Crippen molar-refractivity contribution in [2.45, 2.75) is 25.8 Å². The Balaban J connectivity index is 1.76. The Morgan fingerprint density at radius 3 is 3.05 bits per heavy atom. The zero-order valence-corrected chi connectivity index (χ0v) is 12.8. The smallest absolute Gasteiger partial charge is 0.103 e. The van der Waals surface area contributed by atoms with Crippen molar-refractivity contribution in [3.63, 3.8) is 0 Å². The fraction of sp³-hybridized carbons (Fsp3) is 0.267. The molecule has 1 aromatic carbocycles. The standard InChI is InChI=1S/C15H13BrN2S/c16-13-4-2-5-14(12(13)8-17)18-9-11-7-10-3-1-6-15(10)19-11/h2,4-5,7,18H,1,3,6,9H2. The summed E-state index contributed by atoms with van der Waals surface area (Å²) < 4.78 is 0.841. The SMILES string of the molecule is N#Cc1c(Br)cccc1NCc1cc2c(s1)CCC2. The first-order valence-corrected chi connectivity index (χ1v) is 7.92. The maximum Gasteiger partial charge on any atom is 0.103 e. The monoisotopic (exact) mass is 332 g/mol. The number of aryl methyl sites for hydroxylation is 2. The normalized spacial score (nSPS) is 13.1. The van der Waals surface area contributed by atoms with Crippen LogP contribution in [0, 0.1) is 11.3 Å². The van der Waals surface area contributed by atoms with E-state index in [0.29, 0.717) is 5.56 Å². The molecule has 1 aliphatic rings. The van der Waals surface area contributed by atoms with Crippen molar-refractivity contribution in [2.75, 3.05) is 5.32 Å². The maximum absolute atomic E-state index is 9.17. The molecule has 96 valence electrons. The van der Waals surface area contributed by atoms with Crippen LogP contribution in [-0.2, 0) is 19.4 Å². The van der Waals surface area contributed by atoms with Gasteiger partial charge in [0.2, 0.25) is 0 Å². The number of thiophene rings is 1. The third-order valence-corrected chi connectivity index (χ3v) is 5.27. The van der Waals surface area contributed by atoms with Gasteiger partial charge in [0, 0.05) is 20.8 Å². The summed E-state index contributed by atoms with van der Waals surface area (Å²) in [5.74, 6) is 0. The molecule has 0 bridgehead atoms. The molecular formula is C15H13BrN2S. The maximum atomic E-state index is 9.17. The van der Waals surface area contributed by atoms with Gasteiger partial charge in [0.15, 0.2) is 0 Å². The minimum Gasteiger partial charge on any atom is -0.379 e. The van der Waals surface area contributed by atoms with Gasteiger partial charge >= 0.3 is 0 Å². The van der Waals surface area contributed by atoms with Gasteiger partial charge in [-0.15, -0.1) is 11.3 Å². The van der Waals surface area contributed by atoms with Crippen molar-refractivity contribution in [1.82, 2.24) is 0 Å². The van der Waals surface area contributed by atoms with Crippen molar-refractivity contribution >= 4 is 33.0 Å². The zero-order valence-electron chi connectivity index (χ0n) is 10.4. The molecular weight excluding hydrogens is 320 g/mol. The van der Waals surface area contributed by atoms with Crippen LogP contribution < -0.4 is 5.32 Å². The average molecular weight is 333 g/mol. The van der Waals surface area contributed by atoms with Gasteiger partial charge in [0.05, 0.1) is 11.3 Å². The average Bonchev–Trinajstić information content (AvgIpc) is 2.97. The van der Waals surface area contributed by atoms with Gasteiger partial charge in [-0.05, 0) is 59.0 Å². The molecule has 1 heterocycles. The predicted molar refractivity (Wildman–Crippen MR) is 82.5 cm³/mol. The van der Waals surface area contributed by atoms with E-state index in [1.807, 2.05) is 29.5 Å². The van der Waals surface area contributed by atoms with Crippen LogP contribution in [0.5, 0.6) is 0 Å². The molecule has 0 amide bonds. The Bertz CT molecular complexity index is 633. The van der Waals surface area contributed by atoms with E-state index < -0.39 is 0 Å². The molecule has 0 fully saturated rings. The van der Waals surface area contributed by atoms with Crippen LogP contribution in [0.25, 0.3) is 0 Å².